The maximum Gasteiger partial charge on any atom is 0.510 e. The molecule has 0 aromatic heterocycles. The first-order valence-corrected chi connectivity index (χ1v) is 17.7. The van der Waals surface area contributed by atoms with Gasteiger partial charge in [0, 0.05) is 31.5 Å². The smallest absolute Gasteiger partial charge is 0.509 e. The molecule has 1 amide bonds. The molecule has 3 N–H and O–H groups in total. The summed E-state index contributed by atoms with van der Waals surface area (Å²) < 4.78 is 81.5. The molecule has 1 aromatic carbocycles. The van der Waals surface area contributed by atoms with E-state index in [2.05, 4.69) is 5.32 Å². The first kappa shape index (κ1) is 42.3. The molecule has 3 rings (SSSR count). The lowest BCUT2D eigenvalue weighted by Gasteiger charge is -2.46. The summed E-state index contributed by atoms with van der Waals surface area (Å²) in [5, 5.41) is 24.5. The Kier molecular flexibility index (Phi) is 15.1. The zero-order valence-electron chi connectivity index (χ0n) is 29.4. The summed E-state index contributed by atoms with van der Waals surface area (Å²) in [6, 6.07) is 2.79. The van der Waals surface area contributed by atoms with E-state index < -0.39 is 104 Å². The second-order valence-corrected chi connectivity index (χ2v) is 14.4. The number of halogens is 2. The first-order valence-electron chi connectivity index (χ1n) is 15.9. The van der Waals surface area contributed by atoms with Crippen LogP contribution in [0.5, 0.6) is 0 Å². The average Bonchev–Trinajstić information content (AvgIpc) is 3.05. The molecule has 0 fully saturated rings. The first-order chi connectivity index (χ1) is 24.4. The number of methoxy groups -OCH3 is 1. The van der Waals surface area contributed by atoms with Gasteiger partial charge in [-0.05, 0) is 40.7 Å². The molecule has 0 saturated carbocycles. The van der Waals surface area contributed by atoms with Crippen LogP contribution in [0.2, 0.25) is 0 Å². The number of nitrogens with zero attached hydrogens (tertiary/aromatic N) is 1. The van der Waals surface area contributed by atoms with Gasteiger partial charge in [0.25, 0.3) is 5.91 Å². The minimum Gasteiger partial charge on any atom is -0.509 e. The molecule has 2 heterocycles. The van der Waals surface area contributed by atoms with Crippen LogP contribution in [0.15, 0.2) is 41.4 Å². The Bertz CT molecular complexity index is 1550. The number of carbonyl (C=O) groups is 4. The van der Waals surface area contributed by atoms with E-state index >= 15 is 0 Å². The van der Waals surface area contributed by atoms with Crippen LogP contribution in [-0.4, -0.2) is 110 Å². The summed E-state index contributed by atoms with van der Waals surface area (Å²) in [7, 11) is -2.86. The van der Waals surface area contributed by atoms with Crippen LogP contribution < -0.4 is 5.32 Å². The molecule has 0 aliphatic carbocycles. The molecule has 3 unspecified atom stereocenters. The number of amides is 1. The molecule has 0 spiro atoms. The molecule has 0 radical (unpaired) electrons. The third kappa shape index (κ3) is 11.2. The lowest BCUT2D eigenvalue weighted by atomic mass is 9.77. The van der Waals surface area contributed by atoms with Crippen molar-refractivity contribution in [2.75, 3.05) is 46.6 Å². The molecule has 52 heavy (non-hydrogen) atoms. The van der Waals surface area contributed by atoms with Crippen LogP contribution in [0.1, 0.15) is 40.2 Å². The van der Waals surface area contributed by atoms with Crippen LogP contribution >= 0.6 is 7.60 Å². The van der Waals surface area contributed by atoms with Crippen molar-refractivity contribution >= 4 is 31.6 Å². The number of nitrogens with one attached hydrogen (secondary N) is 1. The minimum atomic E-state index is -4.19. The van der Waals surface area contributed by atoms with Gasteiger partial charge in [0.15, 0.2) is 6.10 Å². The highest BCUT2D eigenvalue weighted by Gasteiger charge is 2.50. The molecule has 0 saturated heterocycles. The largest absolute Gasteiger partial charge is 0.510 e. The summed E-state index contributed by atoms with van der Waals surface area (Å²) in [6.45, 7) is 4.95. The summed E-state index contributed by atoms with van der Waals surface area (Å²) >= 11 is 0. The Balaban J connectivity index is 1.70. The molecule has 290 valence electrons. The van der Waals surface area contributed by atoms with Crippen molar-refractivity contribution in [1.82, 2.24) is 10.2 Å². The SMILES string of the molecule is COC1CN2C=C(C(=O)NCc3ccc(F)cc3F)C(O)C(=O)C2=C(O)C1(C)COCCP(=O)(OCOC(=O)OC(C)C)OCOC(=O)OC(C)C. The maximum absolute atomic E-state index is 14.0. The lowest BCUT2D eigenvalue weighted by molar-refractivity contribution is -0.130. The molecular weight excluding hydrogens is 721 g/mol. The number of benzene rings is 1. The van der Waals surface area contributed by atoms with Crippen LogP contribution in [0.3, 0.4) is 0 Å². The van der Waals surface area contributed by atoms with Gasteiger partial charge in [-0.3, -0.25) is 23.2 Å². The number of hydrogen-bond acceptors (Lipinski definition) is 16. The van der Waals surface area contributed by atoms with Gasteiger partial charge in [-0.15, -0.1) is 0 Å². The molecule has 2 aliphatic heterocycles. The molecule has 1 aromatic rings. The fourth-order valence-electron chi connectivity index (χ4n) is 4.93. The van der Waals surface area contributed by atoms with Crippen molar-refractivity contribution in [2.45, 2.75) is 65.6 Å². The van der Waals surface area contributed by atoms with Crippen LogP contribution in [0.4, 0.5) is 18.4 Å². The summed E-state index contributed by atoms with van der Waals surface area (Å²) in [4.78, 5) is 50.9. The third-order valence-electron chi connectivity index (χ3n) is 7.63. The number of Topliss-reactive ketones (excluding diaryl/α,β-unsaturated/α-hetero) is 1. The predicted molar refractivity (Wildman–Crippen MR) is 173 cm³/mol. The van der Waals surface area contributed by atoms with Gasteiger partial charge in [0.1, 0.15) is 23.1 Å². The molecule has 17 nitrogen and oxygen atoms in total. The number of aliphatic hydroxyl groups is 2. The van der Waals surface area contributed by atoms with Crippen molar-refractivity contribution in [3.05, 3.63) is 58.6 Å². The lowest BCUT2D eigenvalue weighted by Crippen LogP contribution is -2.55. The number of ether oxygens (including phenoxy) is 6. The van der Waals surface area contributed by atoms with E-state index in [-0.39, 0.29) is 37.6 Å². The van der Waals surface area contributed by atoms with Gasteiger partial charge in [-0.25, -0.2) is 18.4 Å². The minimum absolute atomic E-state index is 0.0350. The second-order valence-electron chi connectivity index (χ2n) is 12.3. The third-order valence-corrected chi connectivity index (χ3v) is 9.35. The monoisotopic (exact) mass is 764 g/mol. The van der Waals surface area contributed by atoms with Gasteiger partial charge in [-0.1, -0.05) is 6.07 Å². The normalized spacial score (nSPS) is 20.4. The number of rotatable bonds is 17. The quantitative estimate of drug-likeness (QED) is 0.0890. The Hall–Kier alpha value is -4.13. The second kappa shape index (κ2) is 18.6. The summed E-state index contributed by atoms with van der Waals surface area (Å²) in [5.74, 6) is -4.17. The van der Waals surface area contributed by atoms with E-state index in [0.717, 1.165) is 18.3 Å². The van der Waals surface area contributed by atoms with E-state index in [1.54, 1.807) is 27.7 Å². The molecule has 0 bridgehead atoms. The van der Waals surface area contributed by atoms with E-state index in [9.17, 15) is 42.7 Å². The molecule has 2 aliphatic rings. The number of fused-ring (bicyclic) bond motifs is 1. The molecular formula is C32H43F2N2O15P. The van der Waals surface area contributed by atoms with Crippen molar-refractivity contribution in [1.29, 1.82) is 0 Å². The number of carbonyl (C=O) groups excluding carboxylic acids is 4. The fraction of sp³-hybridized carbons (Fsp3) is 0.562. The van der Waals surface area contributed by atoms with Crippen molar-refractivity contribution in [3.8, 4) is 0 Å². The van der Waals surface area contributed by atoms with E-state index in [4.69, 9.17) is 37.5 Å². The Morgan fingerprint density at radius 1 is 1.06 bits per heavy atom. The highest BCUT2D eigenvalue weighted by molar-refractivity contribution is 7.53. The Labute approximate surface area is 298 Å². The number of aliphatic hydroxyl groups excluding tert-OH is 2. The van der Waals surface area contributed by atoms with Gasteiger partial charge < -0.3 is 48.9 Å². The zero-order chi connectivity index (χ0) is 38.8. The van der Waals surface area contributed by atoms with Crippen LogP contribution in [0.25, 0.3) is 0 Å². The Morgan fingerprint density at radius 3 is 2.19 bits per heavy atom. The van der Waals surface area contributed by atoms with Crippen molar-refractivity contribution < 1.29 is 80.2 Å². The van der Waals surface area contributed by atoms with Gasteiger partial charge in [0.2, 0.25) is 19.4 Å². The van der Waals surface area contributed by atoms with Crippen molar-refractivity contribution in [2.24, 2.45) is 5.41 Å². The average molecular weight is 765 g/mol. The number of ketones is 1. The maximum atomic E-state index is 14.0. The van der Waals surface area contributed by atoms with E-state index in [1.807, 2.05) is 0 Å². The number of hydrogen-bond donors (Lipinski definition) is 3. The summed E-state index contributed by atoms with van der Waals surface area (Å²) in [6.07, 6.45) is -5.42. The summed E-state index contributed by atoms with van der Waals surface area (Å²) in [5.41, 5.74) is -2.19. The highest BCUT2D eigenvalue weighted by atomic mass is 31.2. The van der Waals surface area contributed by atoms with Gasteiger partial charge in [0.05, 0.1) is 55.2 Å². The van der Waals surface area contributed by atoms with E-state index in [0.29, 0.717) is 6.07 Å². The topological polar surface area (TPSA) is 215 Å². The Morgan fingerprint density at radius 2 is 1.65 bits per heavy atom. The van der Waals surface area contributed by atoms with Gasteiger partial charge >= 0.3 is 19.9 Å². The van der Waals surface area contributed by atoms with Gasteiger partial charge in [-0.2, -0.15) is 0 Å². The standard InChI is InChI=1S/C32H43F2N2O15P/c1-18(2)50-30(41)46-16-48-52(43,49-17-47-31(42)51-19(3)4)10-9-45-15-32(5)24(44-6)14-36-13-22(26(37)27(38)25(36)28(32)39)29(40)35-12-20-7-8-21(33)11-23(20)34/h7-8,11,13,18-19,24,26,37,39H,9-10,12,14-17H2,1-6H3,(H,35,40). The fourth-order valence-corrected chi connectivity index (χ4v) is 6.04. The van der Waals surface area contributed by atoms with Crippen LogP contribution in [0, 0.1) is 17.0 Å². The predicted octanol–water partition coefficient (Wildman–Crippen LogP) is 3.80. The molecule has 3 atom stereocenters. The highest BCUT2D eigenvalue weighted by Crippen LogP contribution is 2.48. The zero-order valence-corrected chi connectivity index (χ0v) is 30.3. The van der Waals surface area contributed by atoms with Crippen molar-refractivity contribution in [3.63, 3.8) is 0 Å². The van der Waals surface area contributed by atoms with Crippen LogP contribution in [-0.2, 0) is 58.2 Å². The molecule has 20 heteroatoms. The van der Waals surface area contributed by atoms with E-state index in [1.165, 1.54) is 18.9 Å².